The normalized spacial score (nSPS) is 15.9. The van der Waals surface area contributed by atoms with Crippen molar-refractivity contribution in [1.82, 2.24) is 10.3 Å². The molecule has 0 bridgehead atoms. The van der Waals surface area contributed by atoms with E-state index in [4.69, 9.17) is 0 Å². The van der Waals surface area contributed by atoms with Crippen LogP contribution in [0.4, 0.5) is 0 Å². The Hall–Kier alpha value is -1.68. The summed E-state index contributed by atoms with van der Waals surface area (Å²) in [6.07, 6.45) is 2.47. The molecular formula is C16H18N2OS. The molecule has 0 unspecified atom stereocenters. The molecule has 104 valence electrons. The SMILES string of the molecule is Cc1nc(-c2ccccc2)sc1C(=O)N[C@H](C)C1CC1. The maximum absolute atomic E-state index is 12.3. The van der Waals surface area contributed by atoms with E-state index in [1.54, 1.807) is 0 Å². The van der Waals surface area contributed by atoms with Gasteiger partial charge >= 0.3 is 0 Å². The van der Waals surface area contributed by atoms with Crippen LogP contribution in [0, 0.1) is 12.8 Å². The van der Waals surface area contributed by atoms with Gasteiger partial charge in [-0.05, 0) is 32.6 Å². The number of amides is 1. The van der Waals surface area contributed by atoms with E-state index in [2.05, 4.69) is 17.2 Å². The number of nitrogens with one attached hydrogen (secondary N) is 1. The summed E-state index contributed by atoms with van der Waals surface area (Å²) in [6, 6.07) is 10.3. The largest absolute Gasteiger partial charge is 0.349 e. The monoisotopic (exact) mass is 286 g/mol. The highest BCUT2D eigenvalue weighted by atomic mass is 32.1. The van der Waals surface area contributed by atoms with Gasteiger partial charge in [-0.15, -0.1) is 11.3 Å². The molecule has 20 heavy (non-hydrogen) atoms. The fraction of sp³-hybridized carbons (Fsp3) is 0.375. The summed E-state index contributed by atoms with van der Waals surface area (Å²) in [5, 5.41) is 4.00. The number of thiazole rings is 1. The third-order valence-electron chi connectivity index (χ3n) is 3.71. The number of aromatic nitrogens is 1. The summed E-state index contributed by atoms with van der Waals surface area (Å²) in [4.78, 5) is 17.6. The highest BCUT2D eigenvalue weighted by molar-refractivity contribution is 7.17. The Morgan fingerprint density at radius 1 is 1.35 bits per heavy atom. The average molecular weight is 286 g/mol. The van der Waals surface area contributed by atoms with Gasteiger partial charge in [0.2, 0.25) is 0 Å². The fourth-order valence-electron chi connectivity index (χ4n) is 2.30. The number of carbonyl (C=O) groups is 1. The molecule has 0 spiro atoms. The van der Waals surface area contributed by atoms with Crippen molar-refractivity contribution in [3.8, 4) is 10.6 Å². The van der Waals surface area contributed by atoms with E-state index in [0.29, 0.717) is 5.92 Å². The summed E-state index contributed by atoms with van der Waals surface area (Å²) >= 11 is 1.47. The lowest BCUT2D eigenvalue weighted by molar-refractivity contribution is 0.0939. The van der Waals surface area contributed by atoms with Gasteiger partial charge in [0.05, 0.1) is 5.69 Å². The summed E-state index contributed by atoms with van der Waals surface area (Å²) in [6.45, 7) is 3.99. The second-order valence-electron chi connectivity index (χ2n) is 5.40. The number of aryl methyl sites for hydroxylation is 1. The minimum atomic E-state index is 0.0154. The minimum Gasteiger partial charge on any atom is -0.349 e. The van der Waals surface area contributed by atoms with Crippen LogP contribution in [-0.4, -0.2) is 16.9 Å². The van der Waals surface area contributed by atoms with E-state index < -0.39 is 0 Å². The molecule has 3 nitrogen and oxygen atoms in total. The molecular weight excluding hydrogens is 268 g/mol. The number of hydrogen-bond donors (Lipinski definition) is 1. The lowest BCUT2D eigenvalue weighted by atomic mass is 10.2. The molecule has 0 radical (unpaired) electrons. The summed E-state index contributed by atoms with van der Waals surface area (Å²) < 4.78 is 0. The van der Waals surface area contributed by atoms with Gasteiger partial charge in [-0.2, -0.15) is 0 Å². The van der Waals surface area contributed by atoms with E-state index in [0.717, 1.165) is 21.1 Å². The molecule has 1 amide bonds. The molecule has 1 fully saturated rings. The Morgan fingerprint density at radius 3 is 2.70 bits per heavy atom. The van der Waals surface area contributed by atoms with Crippen molar-refractivity contribution in [1.29, 1.82) is 0 Å². The van der Waals surface area contributed by atoms with Gasteiger partial charge < -0.3 is 5.32 Å². The van der Waals surface area contributed by atoms with Crippen molar-refractivity contribution in [3.05, 3.63) is 40.9 Å². The molecule has 2 aromatic rings. The first-order valence-electron chi connectivity index (χ1n) is 6.99. The van der Waals surface area contributed by atoms with E-state index in [1.165, 1.54) is 24.2 Å². The van der Waals surface area contributed by atoms with E-state index in [1.807, 2.05) is 37.3 Å². The molecule has 1 aliphatic carbocycles. The molecule has 1 aromatic heterocycles. The molecule has 1 aromatic carbocycles. The maximum atomic E-state index is 12.3. The lowest BCUT2D eigenvalue weighted by Crippen LogP contribution is -2.33. The lowest BCUT2D eigenvalue weighted by Gasteiger charge is -2.11. The molecule has 1 N–H and O–H groups in total. The minimum absolute atomic E-state index is 0.0154. The molecule has 1 heterocycles. The zero-order valence-electron chi connectivity index (χ0n) is 11.7. The summed E-state index contributed by atoms with van der Waals surface area (Å²) in [5.74, 6) is 0.683. The number of benzene rings is 1. The topological polar surface area (TPSA) is 42.0 Å². The Morgan fingerprint density at radius 2 is 2.05 bits per heavy atom. The van der Waals surface area contributed by atoms with Crippen LogP contribution in [0.25, 0.3) is 10.6 Å². The van der Waals surface area contributed by atoms with Crippen LogP contribution in [0.1, 0.15) is 35.1 Å². The molecule has 1 aliphatic rings. The van der Waals surface area contributed by atoms with Crippen LogP contribution < -0.4 is 5.32 Å². The van der Waals surface area contributed by atoms with Gasteiger partial charge in [-0.1, -0.05) is 30.3 Å². The zero-order valence-corrected chi connectivity index (χ0v) is 12.5. The second-order valence-corrected chi connectivity index (χ2v) is 6.40. The maximum Gasteiger partial charge on any atom is 0.263 e. The summed E-state index contributed by atoms with van der Waals surface area (Å²) in [5.41, 5.74) is 1.88. The highest BCUT2D eigenvalue weighted by Gasteiger charge is 2.29. The van der Waals surface area contributed by atoms with Crippen LogP contribution in [-0.2, 0) is 0 Å². The quantitative estimate of drug-likeness (QED) is 0.932. The first kappa shape index (κ1) is 13.3. The van der Waals surface area contributed by atoms with Crippen LogP contribution in [0.3, 0.4) is 0 Å². The summed E-state index contributed by atoms with van der Waals surface area (Å²) in [7, 11) is 0. The van der Waals surface area contributed by atoms with E-state index >= 15 is 0 Å². The van der Waals surface area contributed by atoms with Crippen LogP contribution >= 0.6 is 11.3 Å². The smallest absolute Gasteiger partial charge is 0.263 e. The molecule has 4 heteroatoms. The standard InChI is InChI=1S/C16H18N2OS/c1-10(12-8-9-12)17-15(19)14-11(2)18-16(20-14)13-6-4-3-5-7-13/h3-7,10,12H,8-9H2,1-2H3,(H,17,19)/t10-/m1/s1. The fourth-order valence-corrected chi connectivity index (χ4v) is 3.27. The molecule has 1 saturated carbocycles. The Kier molecular flexibility index (Phi) is 3.57. The first-order valence-corrected chi connectivity index (χ1v) is 7.80. The van der Waals surface area contributed by atoms with Crippen molar-refractivity contribution >= 4 is 17.2 Å². The van der Waals surface area contributed by atoms with Crippen molar-refractivity contribution in [3.63, 3.8) is 0 Å². The Bertz CT molecular complexity index is 617. The highest BCUT2D eigenvalue weighted by Crippen LogP contribution is 2.33. The van der Waals surface area contributed by atoms with Crippen molar-refractivity contribution < 1.29 is 4.79 Å². The van der Waals surface area contributed by atoms with Gasteiger partial charge in [-0.25, -0.2) is 4.98 Å². The number of hydrogen-bond acceptors (Lipinski definition) is 3. The molecule has 0 saturated heterocycles. The van der Waals surface area contributed by atoms with Gasteiger partial charge in [0.15, 0.2) is 0 Å². The molecule has 3 rings (SSSR count). The molecule has 1 atom stereocenters. The number of carbonyl (C=O) groups excluding carboxylic acids is 1. The third kappa shape index (κ3) is 2.75. The molecule has 0 aliphatic heterocycles. The number of rotatable bonds is 4. The van der Waals surface area contributed by atoms with Crippen LogP contribution in [0.5, 0.6) is 0 Å². The van der Waals surface area contributed by atoms with Gasteiger partial charge in [0.25, 0.3) is 5.91 Å². The van der Waals surface area contributed by atoms with Gasteiger partial charge in [0, 0.05) is 11.6 Å². The van der Waals surface area contributed by atoms with Gasteiger partial charge in [-0.3, -0.25) is 4.79 Å². The van der Waals surface area contributed by atoms with Crippen LogP contribution in [0.2, 0.25) is 0 Å². The van der Waals surface area contributed by atoms with E-state index in [-0.39, 0.29) is 11.9 Å². The van der Waals surface area contributed by atoms with Crippen molar-refractivity contribution in [2.75, 3.05) is 0 Å². The Balaban J connectivity index is 1.80. The predicted octanol–water partition coefficient (Wildman–Crippen LogP) is 3.65. The predicted molar refractivity (Wildman–Crippen MR) is 81.9 cm³/mol. The second kappa shape index (κ2) is 5.37. The number of nitrogens with zero attached hydrogens (tertiary/aromatic N) is 1. The first-order chi connectivity index (χ1) is 9.65. The van der Waals surface area contributed by atoms with Crippen molar-refractivity contribution in [2.24, 2.45) is 5.92 Å². The third-order valence-corrected chi connectivity index (χ3v) is 4.92. The zero-order chi connectivity index (χ0) is 14.1. The van der Waals surface area contributed by atoms with E-state index in [9.17, 15) is 4.79 Å². The van der Waals surface area contributed by atoms with Gasteiger partial charge in [0.1, 0.15) is 9.88 Å². The van der Waals surface area contributed by atoms with Crippen LogP contribution in [0.15, 0.2) is 30.3 Å². The van der Waals surface area contributed by atoms with Crippen molar-refractivity contribution in [2.45, 2.75) is 32.7 Å². The Labute approximate surface area is 123 Å². The average Bonchev–Trinajstić information content (AvgIpc) is 3.22.